The van der Waals surface area contributed by atoms with Gasteiger partial charge in [0.25, 0.3) is 5.91 Å². The van der Waals surface area contributed by atoms with Crippen molar-refractivity contribution >= 4 is 33.3 Å². The molecule has 0 saturated heterocycles. The Bertz CT molecular complexity index is 881. The van der Waals surface area contributed by atoms with E-state index < -0.39 is 0 Å². The summed E-state index contributed by atoms with van der Waals surface area (Å²) in [5, 5.41) is 0. The number of imidazole rings is 1. The molecule has 5 nitrogen and oxygen atoms in total. The number of aromatic nitrogens is 2. The van der Waals surface area contributed by atoms with E-state index >= 15 is 0 Å². The first-order valence-corrected chi connectivity index (χ1v) is 8.61. The number of hydrogen-bond donors (Lipinski definition) is 0. The number of unbranched alkanes of at least 4 members (excludes halogenated alkanes) is 1. The van der Waals surface area contributed by atoms with Gasteiger partial charge in [-0.25, -0.2) is 4.98 Å². The summed E-state index contributed by atoms with van der Waals surface area (Å²) in [5.41, 5.74) is 1.38. The first kappa shape index (κ1) is 16.5. The lowest BCUT2D eigenvalue weighted by molar-refractivity contribution is -0.114. The average Bonchev–Trinajstić information content (AvgIpc) is 3.18. The van der Waals surface area contributed by atoms with Crippen molar-refractivity contribution in [2.45, 2.75) is 19.8 Å². The van der Waals surface area contributed by atoms with Gasteiger partial charge >= 0.3 is 0 Å². The molecule has 3 rings (SSSR count). The first-order chi connectivity index (χ1) is 11.7. The predicted molar refractivity (Wildman–Crippen MR) is 98.1 cm³/mol. The van der Waals surface area contributed by atoms with E-state index in [2.05, 4.69) is 34.4 Å². The molecule has 3 aromatic rings. The predicted octanol–water partition coefficient (Wildman–Crippen LogP) is 4.68. The van der Waals surface area contributed by atoms with Gasteiger partial charge in [0.2, 0.25) is 0 Å². The molecular weight excluding hydrogens is 370 g/mol. The quantitative estimate of drug-likeness (QED) is 0.577. The molecule has 0 aliphatic heterocycles. The van der Waals surface area contributed by atoms with E-state index in [1.165, 1.54) is 6.08 Å². The van der Waals surface area contributed by atoms with E-state index in [9.17, 15) is 4.79 Å². The SMILES string of the molecule is C=CC(=O)N(CCCC)c1c(-c2occc2Br)nc2ccccn12. The third kappa shape index (κ3) is 2.89. The van der Waals surface area contributed by atoms with E-state index in [0.717, 1.165) is 23.0 Å². The summed E-state index contributed by atoms with van der Waals surface area (Å²) in [6, 6.07) is 7.55. The fraction of sp³-hybridized carbons (Fsp3) is 0.222. The Morgan fingerprint density at radius 2 is 2.29 bits per heavy atom. The maximum atomic E-state index is 12.5. The average molecular weight is 388 g/mol. The Kier molecular flexibility index (Phi) is 4.85. The number of halogens is 1. The lowest BCUT2D eigenvalue weighted by atomic mass is 10.2. The monoisotopic (exact) mass is 387 g/mol. The number of hydrogen-bond acceptors (Lipinski definition) is 3. The number of rotatable bonds is 6. The van der Waals surface area contributed by atoms with Crippen molar-refractivity contribution < 1.29 is 9.21 Å². The van der Waals surface area contributed by atoms with Gasteiger partial charge in [-0.15, -0.1) is 0 Å². The molecule has 3 aromatic heterocycles. The molecule has 0 N–H and O–H groups in total. The third-order valence-corrected chi connectivity index (χ3v) is 4.39. The van der Waals surface area contributed by atoms with Gasteiger partial charge in [0, 0.05) is 12.7 Å². The minimum Gasteiger partial charge on any atom is -0.461 e. The van der Waals surface area contributed by atoms with Crippen LogP contribution in [0.15, 0.2) is 58.3 Å². The van der Waals surface area contributed by atoms with Crippen LogP contribution in [0.2, 0.25) is 0 Å². The topological polar surface area (TPSA) is 50.8 Å². The third-order valence-electron chi connectivity index (χ3n) is 3.77. The number of fused-ring (bicyclic) bond motifs is 1. The molecule has 0 atom stereocenters. The lowest BCUT2D eigenvalue weighted by Gasteiger charge is -2.21. The van der Waals surface area contributed by atoms with Gasteiger partial charge in [-0.1, -0.05) is 26.0 Å². The molecule has 0 spiro atoms. The van der Waals surface area contributed by atoms with Crippen molar-refractivity contribution in [3.8, 4) is 11.5 Å². The second-order valence-electron chi connectivity index (χ2n) is 5.36. The number of anilines is 1. The van der Waals surface area contributed by atoms with Crippen LogP contribution in [0.25, 0.3) is 17.1 Å². The highest BCUT2D eigenvalue weighted by molar-refractivity contribution is 9.10. The second kappa shape index (κ2) is 7.05. The number of nitrogens with zero attached hydrogens (tertiary/aromatic N) is 3. The Balaban J connectivity index is 2.25. The molecule has 24 heavy (non-hydrogen) atoms. The minimum absolute atomic E-state index is 0.155. The largest absolute Gasteiger partial charge is 0.461 e. The molecule has 0 fully saturated rings. The van der Waals surface area contributed by atoms with Crippen molar-refractivity contribution in [1.82, 2.24) is 9.38 Å². The second-order valence-corrected chi connectivity index (χ2v) is 6.21. The maximum absolute atomic E-state index is 12.5. The highest BCUT2D eigenvalue weighted by Crippen LogP contribution is 2.36. The van der Waals surface area contributed by atoms with Crippen molar-refractivity contribution in [1.29, 1.82) is 0 Å². The van der Waals surface area contributed by atoms with E-state index in [1.54, 1.807) is 11.2 Å². The van der Waals surface area contributed by atoms with Crippen molar-refractivity contribution in [3.05, 3.63) is 53.9 Å². The van der Waals surface area contributed by atoms with Crippen molar-refractivity contribution in [2.24, 2.45) is 0 Å². The van der Waals surface area contributed by atoms with Crippen LogP contribution in [0.4, 0.5) is 5.82 Å². The summed E-state index contributed by atoms with van der Waals surface area (Å²) in [6.07, 6.45) is 6.70. The highest BCUT2D eigenvalue weighted by Gasteiger charge is 2.25. The number of pyridine rings is 1. The fourth-order valence-electron chi connectivity index (χ4n) is 2.60. The molecule has 0 aromatic carbocycles. The minimum atomic E-state index is -0.155. The summed E-state index contributed by atoms with van der Waals surface area (Å²) in [5.74, 6) is 1.14. The van der Waals surface area contributed by atoms with Gasteiger partial charge in [0.1, 0.15) is 5.65 Å². The van der Waals surface area contributed by atoms with Gasteiger partial charge in [-0.3, -0.25) is 14.1 Å². The molecule has 3 heterocycles. The Morgan fingerprint density at radius 3 is 2.96 bits per heavy atom. The summed E-state index contributed by atoms with van der Waals surface area (Å²) in [4.78, 5) is 18.9. The number of amides is 1. The van der Waals surface area contributed by atoms with Gasteiger partial charge in [0.15, 0.2) is 17.3 Å². The number of carbonyl (C=O) groups excluding carboxylic acids is 1. The van der Waals surface area contributed by atoms with E-state index in [0.29, 0.717) is 23.8 Å². The van der Waals surface area contributed by atoms with E-state index in [4.69, 9.17) is 4.42 Å². The zero-order valence-corrected chi connectivity index (χ0v) is 15.0. The number of furan rings is 1. The van der Waals surface area contributed by atoms with Crippen LogP contribution >= 0.6 is 15.9 Å². The van der Waals surface area contributed by atoms with Crippen LogP contribution in [-0.2, 0) is 4.79 Å². The maximum Gasteiger partial charge on any atom is 0.251 e. The lowest BCUT2D eigenvalue weighted by Crippen LogP contribution is -2.31. The van der Waals surface area contributed by atoms with Crippen LogP contribution in [0.1, 0.15) is 19.8 Å². The number of carbonyl (C=O) groups is 1. The molecule has 1 amide bonds. The summed E-state index contributed by atoms with van der Waals surface area (Å²) < 4.78 is 8.31. The highest BCUT2D eigenvalue weighted by atomic mass is 79.9. The molecule has 0 saturated carbocycles. The molecule has 0 unspecified atom stereocenters. The Labute approximate surface area is 148 Å². The Hall–Kier alpha value is -2.34. The van der Waals surface area contributed by atoms with Gasteiger partial charge in [-0.05, 0) is 46.6 Å². The standard InChI is InChI=1S/C18H18BrN3O2/c1-3-5-10-22(15(23)4-2)18-16(17-13(19)9-12-24-17)20-14-8-6-7-11-21(14)18/h4,6-9,11-12H,2-3,5,10H2,1H3. The summed E-state index contributed by atoms with van der Waals surface area (Å²) in [6.45, 7) is 6.32. The molecule has 0 aliphatic rings. The summed E-state index contributed by atoms with van der Waals surface area (Å²) in [7, 11) is 0. The van der Waals surface area contributed by atoms with Crippen LogP contribution in [0.3, 0.4) is 0 Å². The summed E-state index contributed by atoms with van der Waals surface area (Å²) >= 11 is 3.48. The molecule has 0 radical (unpaired) electrons. The fourth-order valence-corrected chi connectivity index (χ4v) is 2.99. The Morgan fingerprint density at radius 1 is 1.46 bits per heavy atom. The van der Waals surface area contributed by atoms with Crippen molar-refractivity contribution in [3.63, 3.8) is 0 Å². The van der Waals surface area contributed by atoms with Gasteiger partial charge in [-0.2, -0.15) is 0 Å². The molecular formula is C18H18BrN3O2. The zero-order chi connectivity index (χ0) is 17.1. The molecule has 124 valence electrons. The van der Waals surface area contributed by atoms with Crippen LogP contribution < -0.4 is 4.90 Å². The van der Waals surface area contributed by atoms with E-state index in [1.807, 2.05) is 34.9 Å². The first-order valence-electron chi connectivity index (χ1n) is 7.81. The zero-order valence-electron chi connectivity index (χ0n) is 13.4. The normalized spacial score (nSPS) is 10.9. The molecule has 6 heteroatoms. The molecule has 0 aliphatic carbocycles. The molecule has 0 bridgehead atoms. The van der Waals surface area contributed by atoms with Crippen LogP contribution in [-0.4, -0.2) is 21.8 Å². The van der Waals surface area contributed by atoms with Crippen molar-refractivity contribution in [2.75, 3.05) is 11.4 Å². The van der Waals surface area contributed by atoms with E-state index in [-0.39, 0.29) is 5.91 Å². The van der Waals surface area contributed by atoms with Crippen LogP contribution in [0.5, 0.6) is 0 Å². The van der Waals surface area contributed by atoms with Gasteiger partial charge < -0.3 is 4.42 Å². The smallest absolute Gasteiger partial charge is 0.251 e. The van der Waals surface area contributed by atoms with Crippen LogP contribution in [0, 0.1) is 0 Å². The van der Waals surface area contributed by atoms with Gasteiger partial charge in [0.05, 0.1) is 10.7 Å².